The monoisotopic (exact) mass is 268 g/mol. The maximum atomic E-state index is 11.5. The molecular formula is C13H20N2O2S. The summed E-state index contributed by atoms with van der Waals surface area (Å²) in [5.74, 6) is 0.144. The van der Waals surface area contributed by atoms with Gasteiger partial charge >= 0.3 is 0 Å². The van der Waals surface area contributed by atoms with Crippen LogP contribution in [-0.2, 0) is 10.0 Å². The van der Waals surface area contributed by atoms with Crippen molar-refractivity contribution in [1.29, 1.82) is 0 Å². The Kier molecular flexibility index (Phi) is 4.24. The summed E-state index contributed by atoms with van der Waals surface area (Å²) in [5, 5.41) is 0. The molecule has 0 amide bonds. The SMILES string of the molecule is CCS(=O)(=O)NCC1CCCN1c1ccccc1. The predicted octanol–water partition coefficient (Wildman–Crippen LogP) is 1.59. The van der Waals surface area contributed by atoms with Gasteiger partial charge in [-0.05, 0) is 31.9 Å². The highest BCUT2D eigenvalue weighted by atomic mass is 32.2. The van der Waals surface area contributed by atoms with Gasteiger partial charge in [0.05, 0.1) is 5.75 Å². The van der Waals surface area contributed by atoms with Crippen LogP contribution in [0.25, 0.3) is 0 Å². The average molecular weight is 268 g/mol. The highest BCUT2D eigenvalue weighted by Crippen LogP contribution is 2.24. The van der Waals surface area contributed by atoms with E-state index in [2.05, 4.69) is 21.8 Å². The van der Waals surface area contributed by atoms with Gasteiger partial charge in [-0.15, -0.1) is 0 Å². The summed E-state index contributed by atoms with van der Waals surface area (Å²) in [7, 11) is -3.09. The van der Waals surface area contributed by atoms with E-state index < -0.39 is 10.0 Å². The van der Waals surface area contributed by atoms with Crippen molar-refractivity contribution < 1.29 is 8.42 Å². The Bertz CT molecular complexity index is 473. The molecule has 1 heterocycles. The summed E-state index contributed by atoms with van der Waals surface area (Å²) >= 11 is 0. The summed E-state index contributed by atoms with van der Waals surface area (Å²) in [5.41, 5.74) is 1.18. The van der Waals surface area contributed by atoms with Crippen LogP contribution in [0.1, 0.15) is 19.8 Å². The smallest absolute Gasteiger partial charge is 0.211 e. The second-order valence-electron chi connectivity index (χ2n) is 4.58. The lowest BCUT2D eigenvalue weighted by atomic mass is 10.2. The number of nitrogens with zero attached hydrogens (tertiary/aromatic N) is 1. The van der Waals surface area contributed by atoms with E-state index in [1.165, 1.54) is 5.69 Å². The second kappa shape index (κ2) is 5.71. The topological polar surface area (TPSA) is 49.4 Å². The molecule has 0 radical (unpaired) electrons. The zero-order valence-electron chi connectivity index (χ0n) is 10.7. The van der Waals surface area contributed by atoms with Crippen molar-refractivity contribution in [2.45, 2.75) is 25.8 Å². The first-order valence-corrected chi connectivity index (χ1v) is 8.06. The molecular weight excluding hydrogens is 248 g/mol. The average Bonchev–Trinajstić information content (AvgIpc) is 2.86. The molecule has 18 heavy (non-hydrogen) atoms. The molecule has 1 aromatic carbocycles. The van der Waals surface area contributed by atoms with Gasteiger partial charge in [-0.1, -0.05) is 18.2 Å². The van der Waals surface area contributed by atoms with Crippen LogP contribution in [0.15, 0.2) is 30.3 Å². The Balaban J connectivity index is 2.01. The van der Waals surface area contributed by atoms with Gasteiger partial charge < -0.3 is 4.90 Å². The molecule has 2 rings (SSSR count). The number of benzene rings is 1. The molecule has 5 heteroatoms. The summed E-state index contributed by atoms with van der Waals surface area (Å²) in [6, 6.07) is 10.4. The third kappa shape index (κ3) is 3.23. The van der Waals surface area contributed by atoms with Gasteiger partial charge in [-0.3, -0.25) is 0 Å². The van der Waals surface area contributed by atoms with E-state index >= 15 is 0 Å². The van der Waals surface area contributed by atoms with Gasteiger partial charge in [-0.25, -0.2) is 13.1 Å². The first kappa shape index (κ1) is 13.4. The molecule has 0 aliphatic carbocycles. The highest BCUT2D eigenvalue weighted by molar-refractivity contribution is 7.89. The number of para-hydroxylation sites is 1. The molecule has 0 aromatic heterocycles. The maximum absolute atomic E-state index is 11.5. The van der Waals surface area contributed by atoms with Crippen LogP contribution < -0.4 is 9.62 Å². The van der Waals surface area contributed by atoms with E-state index in [1.807, 2.05) is 18.2 Å². The van der Waals surface area contributed by atoms with Crippen LogP contribution in [0.4, 0.5) is 5.69 Å². The van der Waals surface area contributed by atoms with Gasteiger partial charge in [0.25, 0.3) is 0 Å². The van der Waals surface area contributed by atoms with Gasteiger partial charge in [0.15, 0.2) is 0 Å². The van der Waals surface area contributed by atoms with E-state index in [9.17, 15) is 8.42 Å². The molecule has 1 aliphatic heterocycles. The molecule has 1 fully saturated rings. The fourth-order valence-corrected chi connectivity index (χ4v) is 2.98. The lowest BCUT2D eigenvalue weighted by Gasteiger charge is -2.26. The van der Waals surface area contributed by atoms with Gasteiger partial charge in [-0.2, -0.15) is 0 Å². The molecule has 1 aromatic rings. The van der Waals surface area contributed by atoms with Crippen LogP contribution in [-0.4, -0.2) is 33.3 Å². The van der Waals surface area contributed by atoms with Crippen molar-refractivity contribution in [2.75, 3.05) is 23.7 Å². The zero-order chi connectivity index (χ0) is 13.0. The van der Waals surface area contributed by atoms with Crippen molar-refractivity contribution >= 4 is 15.7 Å². The number of nitrogens with one attached hydrogen (secondary N) is 1. The zero-order valence-corrected chi connectivity index (χ0v) is 11.5. The summed E-state index contributed by atoms with van der Waals surface area (Å²) in [6.45, 7) is 3.17. The fraction of sp³-hybridized carbons (Fsp3) is 0.538. The number of rotatable bonds is 5. The van der Waals surface area contributed by atoms with Gasteiger partial charge in [0, 0.05) is 24.8 Å². The van der Waals surface area contributed by atoms with E-state index in [4.69, 9.17) is 0 Å². The summed E-state index contributed by atoms with van der Waals surface area (Å²) < 4.78 is 25.6. The normalized spacial score (nSPS) is 20.3. The van der Waals surface area contributed by atoms with Crippen molar-refractivity contribution in [3.63, 3.8) is 0 Å². The van der Waals surface area contributed by atoms with Crippen molar-refractivity contribution in [3.05, 3.63) is 30.3 Å². The van der Waals surface area contributed by atoms with Crippen molar-refractivity contribution in [2.24, 2.45) is 0 Å². The van der Waals surface area contributed by atoms with Gasteiger partial charge in [0.1, 0.15) is 0 Å². The molecule has 0 bridgehead atoms. The number of anilines is 1. The summed E-state index contributed by atoms with van der Waals surface area (Å²) in [6.07, 6.45) is 2.16. The standard InChI is InChI=1S/C13H20N2O2S/c1-2-18(16,17)14-11-13-9-6-10-15(13)12-7-4-3-5-8-12/h3-5,7-8,13-14H,2,6,9-11H2,1H3. The lowest BCUT2D eigenvalue weighted by Crippen LogP contribution is -2.40. The van der Waals surface area contributed by atoms with Gasteiger partial charge in [0.2, 0.25) is 10.0 Å². The summed E-state index contributed by atoms with van der Waals surface area (Å²) in [4.78, 5) is 2.29. The molecule has 4 nitrogen and oxygen atoms in total. The van der Waals surface area contributed by atoms with Crippen molar-refractivity contribution in [1.82, 2.24) is 4.72 Å². The molecule has 1 aliphatic rings. The van der Waals surface area contributed by atoms with E-state index in [-0.39, 0.29) is 11.8 Å². The number of sulfonamides is 1. The Morgan fingerprint density at radius 3 is 2.72 bits per heavy atom. The van der Waals surface area contributed by atoms with E-state index in [0.717, 1.165) is 19.4 Å². The third-order valence-corrected chi connectivity index (χ3v) is 4.75. The minimum atomic E-state index is -3.09. The molecule has 100 valence electrons. The Hall–Kier alpha value is -1.07. The Morgan fingerprint density at radius 1 is 1.33 bits per heavy atom. The van der Waals surface area contributed by atoms with Crippen molar-refractivity contribution in [3.8, 4) is 0 Å². The second-order valence-corrected chi connectivity index (χ2v) is 6.67. The third-order valence-electron chi connectivity index (χ3n) is 3.38. The first-order chi connectivity index (χ1) is 8.62. The highest BCUT2D eigenvalue weighted by Gasteiger charge is 2.25. The largest absolute Gasteiger partial charge is 0.367 e. The molecule has 1 unspecified atom stereocenters. The molecule has 0 spiro atoms. The van der Waals surface area contributed by atoms with Crippen LogP contribution in [0, 0.1) is 0 Å². The minimum Gasteiger partial charge on any atom is -0.367 e. The Labute approximate surface area is 109 Å². The molecule has 1 atom stereocenters. The fourth-order valence-electron chi connectivity index (χ4n) is 2.33. The minimum absolute atomic E-state index is 0.144. The van der Waals surface area contributed by atoms with Crippen LogP contribution >= 0.6 is 0 Å². The lowest BCUT2D eigenvalue weighted by molar-refractivity contribution is 0.568. The first-order valence-electron chi connectivity index (χ1n) is 6.41. The Morgan fingerprint density at radius 2 is 2.06 bits per heavy atom. The van der Waals surface area contributed by atoms with Crippen LogP contribution in [0.5, 0.6) is 0 Å². The van der Waals surface area contributed by atoms with E-state index in [0.29, 0.717) is 6.54 Å². The number of hydrogen-bond donors (Lipinski definition) is 1. The maximum Gasteiger partial charge on any atom is 0.211 e. The van der Waals surface area contributed by atoms with E-state index in [1.54, 1.807) is 6.92 Å². The molecule has 1 N–H and O–H groups in total. The van der Waals surface area contributed by atoms with Crippen LogP contribution in [0.3, 0.4) is 0 Å². The molecule has 0 saturated carbocycles. The predicted molar refractivity (Wildman–Crippen MR) is 74.3 cm³/mol. The molecule has 1 saturated heterocycles. The number of hydrogen-bond acceptors (Lipinski definition) is 3. The quantitative estimate of drug-likeness (QED) is 0.882. The van der Waals surface area contributed by atoms with Crippen LogP contribution in [0.2, 0.25) is 0 Å².